The quantitative estimate of drug-likeness (QED) is 0.342. The number of carbonyl (C=O) groups excluding carboxylic acids is 2. The summed E-state index contributed by atoms with van der Waals surface area (Å²) in [5.74, 6) is -1.82. The van der Waals surface area contributed by atoms with Gasteiger partial charge in [-0.15, -0.1) is 0 Å². The number of esters is 2. The summed E-state index contributed by atoms with van der Waals surface area (Å²) in [6.45, 7) is 0.414. The number of rotatable bonds is 4. The van der Waals surface area contributed by atoms with Gasteiger partial charge in [0.05, 0.1) is 12.5 Å². The second-order valence-corrected chi connectivity index (χ2v) is 3.82. The average Bonchev–Trinajstić information content (AvgIpc) is 2.72. The molecule has 0 aliphatic carbocycles. The highest BCUT2D eigenvalue weighted by molar-refractivity contribution is 7.80. The molecule has 0 aromatic carbocycles. The number of carbonyl (C=O) groups is 2. The van der Waals surface area contributed by atoms with E-state index in [1.54, 1.807) is 0 Å². The topological polar surface area (TPSA) is 75.6 Å². The molecule has 86 valence electrons. The number of hydrogen-bond acceptors (Lipinski definition) is 6. The van der Waals surface area contributed by atoms with Crippen LogP contribution in [0, 0.1) is 5.92 Å². The molecule has 6 heteroatoms. The Morgan fingerprint density at radius 3 is 2.80 bits per heavy atom. The molecule has 2 atom stereocenters. The molecule has 1 aliphatic heterocycles. The summed E-state index contributed by atoms with van der Waals surface area (Å²) in [6.07, 6.45) is 1.60. The SMILES string of the molecule is O=C(OC(=O)[C@@H]1CCCN1)C(CO)CS. The minimum atomic E-state index is -0.723. The number of aliphatic hydroxyl groups excluding tert-OH is 1. The first kappa shape index (κ1) is 12.5. The normalized spacial score (nSPS) is 22.4. The Balaban J connectivity index is 2.39. The first-order chi connectivity index (χ1) is 7.19. The lowest BCUT2D eigenvalue weighted by molar-refractivity contribution is -0.164. The van der Waals surface area contributed by atoms with Crippen LogP contribution >= 0.6 is 12.6 Å². The Labute approximate surface area is 93.6 Å². The third-order valence-electron chi connectivity index (χ3n) is 2.32. The van der Waals surface area contributed by atoms with Crippen LogP contribution in [0.2, 0.25) is 0 Å². The van der Waals surface area contributed by atoms with Gasteiger partial charge in [0, 0.05) is 5.75 Å². The Kier molecular flexibility index (Phi) is 5.07. The first-order valence-corrected chi connectivity index (χ1v) is 5.53. The molecular formula is C9H15NO4S. The Morgan fingerprint density at radius 1 is 1.60 bits per heavy atom. The fourth-order valence-corrected chi connectivity index (χ4v) is 1.61. The van der Waals surface area contributed by atoms with Crippen LogP contribution in [0.25, 0.3) is 0 Å². The largest absolute Gasteiger partial charge is 0.395 e. The van der Waals surface area contributed by atoms with Crippen molar-refractivity contribution in [2.24, 2.45) is 5.92 Å². The lowest BCUT2D eigenvalue weighted by atomic mass is 10.2. The second kappa shape index (κ2) is 6.09. The molecule has 0 aromatic heterocycles. The van der Waals surface area contributed by atoms with Crippen molar-refractivity contribution in [3.63, 3.8) is 0 Å². The van der Waals surface area contributed by atoms with Crippen molar-refractivity contribution in [2.45, 2.75) is 18.9 Å². The van der Waals surface area contributed by atoms with Gasteiger partial charge in [-0.3, -0.25) is 4.79 Å². The predicted molar refractivity (Wildman–Crippen MR) is 56.6 cm³/mol. The van der Waals surface area contributed by atoms with Crippen LogP contribution in [-0.2, 0) is 14.3 Å². The fraction of sp³-hybridized carbons (Fsp3) is 0.778. The van der Waals surface area contributed by atoms with E-state index >= 15 is 0 Å². The summed E-state index contributed by atoms with van der Waals surface area (Å²) in [7, 11) is 0. The molecule has 5 nitrogen and oxygen atoms in total. The van der Waals surface area contributed by atoms with E-state index in [1.165, 1.54) is 0 Å². The molecule has 0 amide bonds. The van der Waals surface area contributed by atoms with Gasteiger partial charge in [-0.2, -0.15) is 12.6 Å². The maximum Gasteiger partial charge on any atom is 0.330 e. The summed E-state index contributed by atoms with van der Waals surface area (Å²) < 4.78 is 4.63. The van der Waals surface area contributed by atoms with Crippen LogP contribution in [0.3, 0.4) is 0 Å². The maximum atomic E-state index is 11.4. The van der Waals surface area contributed by atoms with Gasteiger partial charge in [0.2, 0.25) is 0 Å². The summed E-state index contributed by atoms with van der Waals surface area (Å²) in [5, 5.41) is 11.7. The fourth-order valence-electron chi connectivity index (χ4n) is 1.35. The summed E-state index contributed by atoms with van der Waals surface area (Å²) in [6, 6.07) is -0.381. The average molecular weight is 233 g/mol. The lowest BCUT2D eigenvalue weighted by Gasteiger charge is -2.12. The van der Waals surface area contributed by atoms with Crippen LogP contribution < -0.4 is 5.32 Å². The van der Waals surface area contributed by atoms with Crippen molar-refractivity contribution in [1.82, 2.24) is 5.32 Å². The van der Waals surface area contributed by atoms with E-state index in [-0.39, 0.29) is 18.4 Å². The maximum absolute atomic E-state index is 11.4. The van der Waals surface area contributed by atoms with E-state index in [0.717, 1.165) is 13.0 Å². The van der Waals surface area contributed by atoms with E-state index in [9.17, 15) is 9.59 Å². The van der Waals surface area contributed by atoms with Crippen LogP contribution in [0.1, 0.15) is 12.8 Å². The molecule has 15 heavy (non-hydrogen) atoms. The monoisotopic (exact) mass is 233 g/mol. The summed E-state index contributed by atoms with van der Waals surface area (Å²) in [5.41, 5.74) is 0. The van der Waals surface area contributed by atoms with Crippen molar-refractivity contribution < 1.29 is 19.4 Å². The number of hydrogen-bond donors (Lipinski definition) is 3. The van der Waals surface area contributed by atoms with E-state index in [4.69, 9.17) is 5.11 Å². The highest BCUT2D eigenvalue weighted by Gasteiger charge is 2.28. The first-order valence-electron chi connectivity index (χ1n) is 4.89. The van der Waals surface area contributed by atoms with Crippen LogP contribution in [0.5, 0.6) is 0 Å². The van der Waals surface area contributed by atoms with Gasteiger partial charge in [0.1, 0.15) is 6.04 Å². The molecule has 1 aliphatic rings. The zero-order valence-corrected chi connectivity index (χ0v) is 9.20. The van der Waals surface area contributed by atoms with E-state index in [2.05, 4.69) is 22.7 Å². The second-order valence-electron chi connectivity index (χ2n) is 3.45. The van der Waals surface area contributed by atoms with Crippen molar-refractivity contribution in [3.05, 3.63) is 0 Å². The highest BCUT2D eigenvalue weighted by atomic mass is 32.1. The number of aliphatic hydroxyl groups is 1. The van der Waals surface area contributed by atoms with Gasteiger partial charge >= 0.3 is 11.9 Å². The van der Waals surface area contributed by atoms with Crippen molar-refractivity contribution in [3.8, 4) is 0 Å². The lowest BCUT2D eigenvalue weighted by Crippen LogP contribution is -2.36. The molecule has 0 radical (unpaired) electrons. The molecule has 1 saturated heterocycles. The molecular weight excluding hydrogens is 218 g/mol. The van der Waals surface area contributed by atoms with E-state index in [1.807, 2.05) is 0 Å². The summed E-state index contributed by atoms with van der Waals surface area (Å²) in [4.78, 5) is 22.7. The standard InChI is InChI=1S/C9H15NO4S/c11-4-6(5-15)8(12)14-9(13)7-2-1-3-10-7/h6-7,10-11,15H,1-5H2/t6?,7-/m0/s1. The minimum Gasteiger partial charge on any atom is -0.395 e. The molecule has 1 heterocycles. The van der Waals surface area contributed by atoms with Crippen LogP contribution in [0.4, 0.5) is 0 Å². The van der Waals surface area contributed by atoms with Gasteiger partial charge < -0.3 is 15.2 Å². The Hall–Kier alpha value is -0.590. The zero-order chi connectivity index (χ0) is 11.3. The van der Waals surface area contributed by atoms with E-state index in [0.29, 0.717) is 6.42 Å². The molecule has 0 saturated carbocycles. The van der Waals surface area contributed by atoms with Crippen molar-refractivity contribution in [2.75, 3.05) is 18.9 Å². The minimum absolute atomic E-state index is 0.167. The molecule has 0 spiro atoms. The zero-order valence-electron chi connectivity index (χ0n) is 8.31. The van der Waals surface area contributed by atoms with Gasteiger partial charge in [-0.05, 0) is 19.4 Å². The summed E-state index contributed by atoms with van der Waals surface area (Å²) >= 11 is 3.88. The van der Waals surface area contributed by atoms with Crippen molar-refractivity contribution >= 4 is 24.6 Å². The number of thiol groups is 1. The van der Waals surface area contributed by atoms with Crippen molar-refractivity contribution in [1.29, 1.82) is 0 Å². The van der Waals surface area contributed by atoms with Gasteiger partial charge in [-0.25, -0.2) is 4.79 Å². The van der Waals surface area contributed by atoms with E-state index < -0.39 is 17.9 Å². The highest BCUT2D eigenvalue weighted by Crippen LogP contribution is 2.09. The molecule has 2 N–H and O–H groups in total. The number of ether oxygens (including phenoxy) is 1. The molecule has 1 fully saturated rings. The van der Waals surface area contributed by atoms with Crippen LogP contribution in [0.15, 0.2) is 0 Å². The van der Waals surface area contributed by atoms with Gasteiger partial charge in [0.25, 0.3) is 0 Å². The molecule has 1 unspecified atom stereocenters. The van der Waals surface area contributed by atoms with Crippen LogP contribution in [-0.4, -0.2) is 42.0 Å². The number of nitrogens with one attached hydrogen (secondary N) is 1. The molecule has 0 bridgehead atoms. The predicted octanol–water partition coefficient (Wildman–Crippen LogP) is -0.654. The Bertz CT molecular complexity index is 224. The third-order valence-corrected chi connectivity index (χ3v) is 2.76. The molecule has 1 rings (SSSR count). The van der Waals surface area contributed by atoms with Gasteiger partial charge in [0.15, 0.2) is 0 Å². The Morgan fingerprint density at radius 2 is 2.33 bits per heavy atom. The van der Waals surface area contributed by atoms with Gasteiger partial charge in [-0.1, -0.05) is 0 Å². The smallest absolute Gasteiger partial charge is 0.330 e. The molecule has 0 aromatic rings. The third kappa shape index (κ3) is 3.48.